The number of aromatic nitrogens is 3. The molecule has 7 nitrogen and oxygen atoms in total. The van der Waals surface area contributed by atoms with E-state index in [4.69, 9.17) is 11.6 Å². The molecule has 8 heteroatoms. The number of rotatable bonds is 3. The summed E-state index contributed by atoms with van der Waals surface area (Å²) in [5, 5.41) is 20.8. The molecule has 0 unspecified atom stereocenters. The molecule has 0 radical (unpaired) electrons. The van der Waals surface area contributed by atoms with Crippen molar-refractivity contribution in [3.05, 3.63) is 35.6 Å². The minimum Gasteiger partial charge on any atom is -0.315 e. The third-order valence-corrected chi connectivity index (χ3v) is 5.67. The van der Waals surface area contributed by atoms with Crippen LogP contribution in [0.25, 0.3) is 5.69 Å². The Bertz CT molecular complexity index is 876. The van der Waals surface area contributed by atoms with E-state index in [1.54, 1.807) is 30.6 Å². The summed E-state index contributed by atoms with van der Waals surface area (Å²) >= 11 is 6.22. The normalized spacial score (nSPS) is 26.7. The molecule has 5 rings (SSSR count). The van der Waals surface area contributed by atoms with Crippen LogP contribution in [-0.2, 0) is 0 Å². The van der Waals surface area contributed by atoms with E-state index in [9.17, 15) is 10.1 Å². The van der Waals surface area contributed by atoms with E-state index < -0.39 is 0 Å². The Morgan fingerprint density at radius 3 is 2.92 bits per heavy atom. The summed E-state index contributed by atoms with van der Waals surface area (Å²) in [5.41, 5.74) is 0.899. The first-order chi connectivity index (χ1) is 12.5. The highest BCUT2D eigenvalue weighted by Gasteiger charge is 2.57. The van der Waals surface area contributed by atoms with Crippen molar-refractivity contribution < 1.29 is 4.79 Å². The molecule has 3 aliphatic rings. The number of anilines is 1. The first-order valence-electron chi connectivity index (χ1n) is 8.66. The lowest BCUT2D eigenvalue weighted by atomic mass is 9.63. The van der Waals surface area contributed by atoms with Crippen molar-refractivity contribution in [2.24, 2.45) is 5.92 Å². The number of benzene rings is 1. The fraction of sp³-hybridized carbons (Fsp3) is 0.444. The Labute approximate surface area is 156 Å². The van der Waals surface area contributed by atoms with Gasteiger partial charge in [0.2, 0.25) is 0 Å². The van der Waals surface area contributed by atoms with Crippen LogP contribution in [0.3, 0.4) is 0 Å². The number of halogens is 1. The fourth-order valence-electron chi connectivity index (χ4n) is 4.50. The molecule has 2 saturated heterocycles. The van der Waals surface area contributed by atoms with Gasteiger partial charge in [-0.05, 0) is 43.4 Å². The third-order valence-electron chi connectivity index (χ3n) is 5.35. The monoisotopic (exact) mass is 370 g/mol. The Morgan fingerprint density at radius 1 is 1.42 bits per heavy atom. The van der Waals surface area contributed by atoms with Gasteiger partial charge in [-0.2, -0.15) is 20.3 Å². The summed E-state index contributed by atoms with van der Waals surface area (Å²) < 4.78 is 0. The molecule has 1 aliphatic carbocycles. The molecule has 2 amide bonds. The maximum Gasteiger partial charge on any atom is 0.322 e. The smallest absolute Gasteiger partial charge is 0.315 e. The maximum absolute atomic E-state index is 12.9. The van der Waals surface area contributed by atoms with Gasteiger partial charge >= 0.3 is 6.03 Å². The fourth-order valence-corrected chi connectivity index (χ4v) is 4.69. The molecular weight excluding hydrogens is 352 g/mol. The Kier molecular flexibility index (Phi) is 4.08. The maximum atomic E-state index is 12.9. The van der Waals surface area contributed by atoms with Gasteiger partial charge in [0.15, 0.2) is 0 Å². The Balaban J connectivity index is 1.56. The molecule has 0 spiro atoms. The van der Waals surface area contributed by atoms with Gasteiger partial charge in [0.25, 0.3) is 0 Å². The summed E-state index contributed by atoms with van der Waals surface area (Å²) in [6.45, 7) is 2.19. The highest BCUT2D eigenvalue weighted by atomic mass is 35.5. The number of hydrogen-bond donors (Lipinski definition) is 1. The van der Waals surface area contributed by atoms with Crippen LogP contribution >= 0.6 is 11.6 Å². The minimum atomic E-state index is -0.319. The summed E-state index contributed by atoms with van der Waals surface area (Å²) in [6.07, 6.45) is 6.30. The molecule has 3 fully saturated rings. The number of nitrogens with one attached hydrogen (secondary N) is 1. The van der Waals surface area contributed by atoms with Crippen molar-refractivity contribution in [2.75, 3.05) is 5.32 Å². The number of nitriles is 1. The van der Waals surface area contributed by atoms with Crippen LogP contribution in [0.2, 0.25) is 5.02 Å². The van der Waals surface area contributed by atoms with Crippen LogP contribution in [0.1, 0.15) is 32.6 Å². The van der Waals surface area contributed by atoms with E-state index in [0.717, 1.165) is 19.3 Å². The summed E-state index contributed by atoms with van der Waals surface area (Å²) in [6, 6.07) is 7.52. The molecule has 2 aliphatic heterocycles. The van der Waals surface area contributed by atoms with Crippen LogP contribution < -0.4 is 5.32 Å². The molecule has 1 aromatic heterocycles. The lowest BCUT2D eigenvalue weighted by Crippen LogP contribution is -2.72. The molecule has 2 aromatic rings. The SMILES string of the molecule is C[C@H]1C[C@H]2C[C@@](CC#N)(C1)N2C(=O)Nc1ccc(Cl)c(-n2nccn2)c1. The number of carbonyl (C=O) groups is 1. The predicted octanol–water partition coefficient (Wildman–Crippen LogP) is 3.61. The topological polar surface area (TPSA) is 86.8 Å². The standard InChI is InChI=1S/C18H19ClN6O/c1-12-8-14-11-18(10-12,4-5-20)24(14)17(26)23-13-2-3-15(19)16(9-13)25-21-6-7-22-25/h2-3,6-7,9,12,14H,4,8,10-11H2,1H3,(H,23,26)/t12-,14-,18+/m0/s1. The average Bonchev–Trinajstić information content (AvgIpc) is 3.10. The zero-order chi connectivity index (χ0) is 18.3. The Hall–Kier alpha value is -2.59. The molecule has 1 N–H and O–H groups in total. The molecular formula is C18H19ClN6O. The first kappa shape index (κ1) is 16.9. The summed E-state index contributed by atoms with van der Waals surface area (Å²) in [5.74, 6) is 0.541. The molecule has 3 atom stereocenters. The second-order valence-electron chi connectivity index (χ2n) is 7.25. The van der Waals surface area contributed by atoms with Crippen LogP contribution in [0, 0.1) is 17.2 Å². The van der Waals surface area contributed by atoms with Crippen molar-refractivity contribution in [1.29, 1.82) is 5.26 Å². The lowest BCUT2D eigenvalue weighted by molar-refractivity contribution is -0.0864. The molecule has 1 saturated carbocycles. The van der Waals surface area contributed by atoms with Gasteiger partial charge in [-0.3, -0.25) is 0 Å². The highest BCUT2D eigenvalue weighted by Crippen LogP contribution is 2.51. The van der Waals surface area contributed by atoms with E-state index in [-0.39, 0.29) is 17.6 Å². The molecule has 3 heterocycles. The largest absolute Gasteiger partial charge is 0.322 e. The molecule has 26 heavy (non-hydrogen) atoms. The van der Waals surface area contributed by atoms with Gasteiger partial charge in [-0.1, -0.05) is 18.5 Å². The predicted molar refractivity (Wildman–Crippen MR) is 97.0 cm³/mol. The van der Waals surface area contributed by atoms with Crippen LogP contribution in [0.5, 0.6) is 0 Å². The van der Waals surface area contributed by atoms with E-state index >= 15 is 0 Å². The number of carbonyl (C=O) groups excluding carboxylic acids is 1. The van der Waals surface area contributed by atoms with Crippen molar-refractivity contribution in [3.8, 4) is 11.8 Å². The quantitative estimate of drug-likeness (QED) is 0.894. The van der Waals surface area contributed by atoms with Gasteiger partial charge in [0.05, 0.1) is 35.4 Å². The number of fused-ring (bicyclic) bond motifs is 2. The van der Waals surface area contributed by atoms with Crippen LogP contribution in [0.4, 0.5) is 10.5 Å². The van der Waals surface area contributed by atoms with Crippen molar-refractivity contribution in [3.63, 3.8) is 0 Å². The van der Waals surface area contributed by atoms with E-state index in [2.05, 4.69) is 28.5 Å². The Morgan fingerprint density at radius 2 is 2.19 bits per heavy atom. The van der Waals surface area contributed by atoms with Gasteiger partial charge in [0.1, 0.15) is 5.69 Å². The van der Waals surface area contributed by atoms with Gasteiger partial charge < -0.3 is 10.2 Å². The van der Waals surface area contributed by atoms with E-state index in [0.29, 0.717) is 28.7 Å². The second kappa shape index (κ2) is 6.29. The van der Waals surface area contributed by atoms with Crippen molar-refractivity contribution in [2.45, 2.75) is 44.2 Å². The zero-order valence-corrected chi connectivity index (χ0v) is 15.1. The van der Waals surface area contributed by atoms with Crippen molar-refractivity contribution in [1.82, 2.24) is 19.9 Å². The summed E-state index contributed by atoms with van der Waals surface area (Å²) in [7, 11) is 0. The first-order valence-corrected chi connectivity index (χ1v) is 9.04. The van der Waals surface area contributed by atoms with Gasteiger partial charge in [-0.25, -0.2) is 4.79 Å². The average molecular weight is 371 g/mol. The highest BCUT2D eigenvalue weighted by molar-refractivity contribution is 6.32. The van der Waals surface area contributed by atoms with Gasteiger partial charge in [-0.15, -0.1) is 0 Å². The lowest BCUT2D eigenvalue weighted by Gasteiger charge is -2.62. The number of piperidine rings is 1. The molecule has 134 valence electrons. The van der Waals surface area contributed by atoms with E-state index in [1.807, 2.05) is 4.90 Å². The third kappa shape index (κ3) is 2.71. The minimum absolute atomic E-state index is 0.162. The van der Waals surface area contributed by atoms with E-state index in [1.165, 1.54) is 4.80 Å². The zero-order valence-electron chi connectivity index (χ0n) is 14.4. The van der Waals surface area contributed by atoms with Crippen LogP contribution in [-0.4, -0.2) is 37.5 Å². The second-order valence-corrected chi connectivity index (χ2v) is 7.65. The molecule has 1 aromatic carbocycles. The number of urea groups is 1. The van der Waals surface area contributed by atoms with Gasteiger partial charge in [0, 0.05) is 11.7 Å². The molecule has 2 bridgehead atoms. The van der Waals surface area contributed by atoms with Crippen LogP contribution in [0.15, 0.2) is 30.6 Å². The number of nitrogens with zero attached hydrogens (tertiary/aromatic N) is 5. The number of hydrogen-bond acceptors (Lipinski definition) is 4. The van der Waals surface area contributed by atoms with Crippen molar-refractivity contribution >= 4 is 23.3 Å². The summed E-state index contributed by atoms with van der Waals surface area (Å²) in [4.78, 5) is 16.2. The number of amides is 2.